The highest BCUT2D eigenvalue weighted by Gasteiger charge is 2.23. The molecule has 0 aliphatic rings. The number of carbonyl (C=O) groups excluding carboxylic acids is 3. The van der Waals surface area contributed by atoms with Gasteiger partial charge in [0, 0.05) is 23.5 Å². The van der Waals surface area contributed by atoms with E-state index in [-0.39, 0.29) is 47.1 Å². The van der Waals surface area contributed by atoms with Crippen molar-refractivity contribution in [2.75, 3.05) is 12.3 Å². The van der Waals surface area contributed by atoms with Gasteiger partial charge in [0.15, 0.2) is 0 Å². The number of ketones is 1. The minimum atomic E-state index is -0.635. The van der Waals surface area contributed by atoms with Crippen LogP contribution in [0, 0.1) is 5.82 Å². The van der Waals surface area contributed by atoms with Crippen molar-refractivity contribution >= 4 is 28.9 Å². The molecule has 0 atom stereocenters. The second kappa shape index (κ2) is 9.53. The third kappa shape index (κ3) is 4.49. The molecule has 8 nitrogen and oxygen atoms in total. The Hall–Kier alpha value is -4.53. The van der Waals surface area contributed by atoms with Crippen molar-refractivity contribution in [1.82, 2.24) is 14.7 Å². The number of hydrogen-bond acceptors (Lipinski definition) is 6. The lowest BCUT2D eigenvalue weighted by Gasteiger charge is -2.08. The highest BCUT2D eigenvalue weighted by atomic mass is 19.1. The molecule has 0 saturated heterocycles. The Balaban J connectivity index is 1.72. The number of esters is 1. The fraction of sp³-hybridized carbons (Fsp3) is 0.120. The molecule has 0 saturated carbocycles. The molecule has 0 bridgehead atoms. The van der Waals surface area contributed by atoms with Gasteiger partial charge in [0.2, 0.25) is 5.78 Å². The molecule has 172 valence electrons. The zero-order chi connectivity index (χ0) is 24.2. The quantitative estimate of drug-likeness (QED) is 0.248. The molecule has 0 unspecified atom stereocenters. The van der Waals surface area contributed by atoms with E-state index in [1.807, 2.05) is 6.07 Å². The number of carbonyl (C=O) groups is 3. The number of pyridine rings is 2. The molecule has 3 heterocycles. The number of halogens is 1. The summed E-state index contributed by atoms with van der Waals surface area (Å²) in [6.07, 6.45) is 3.15. The van der Waals surface area contributed by atoms with E-state index >= 15 is 0 Å². The number of rotatable bonds is 7. The number of nitrogens with zero attached hydrogens (tertiary/aromatic N) is 2. The maximum atomic E-state index is 13.6. The van der Waals surface area contributed by atoms with Gasteiger partial charge < -0.3 is 20.2 Å². The summed E-state index contributed by atoms with van der Waals surface area (Å²) in [5.74, 6) is -2.11. The second-order valence-electron chi connectivity index (χ2n) is 7.40. The minimum Gasteiger partial charge on any atom is -0.462 e. The van der Waals surface area contributed by atoms with Crippen LogP contribution in [0.4, 0.5) is 10.1 Å². The van der Waals surface area contributed by atoms with Crippen molar-refractivity contribution < 1.29 is 23.5 Å². The summed E-state index contributed by atoms with van der Waals surface area (Å²) < 4.78 is 20.2. The number of aromatic nitrogens is 2. The average Bonchev–Trinajstić information content (AvgIpc) is 3.23. The zero-order valence-electron chi connectivity index (χ0n) is 18.2. The summed E-state index contributed by atoms with van der Waals surface area (Å²) in [4.78, 5) is 42.6. The molecule has 9 heteroatoms. The van der Waals surface area contributed by atoms with E-state index < -0.39 is 17.6 Å². The monoisotopic (exact) mass is 460 g/mol. The SMILES string of the molecule is CCOC(=O)c1cc(C(=O)c2ccc(F)c(N)c2)n2ccc(C(=O)NCc3ccccn3)cc12. The van der Waals surface area contributed by atoms with Gasteiger partial charge in [-0.05, 0) is 55.5 Å². The topological polar surface area (TPSA) is 116 Å². The first-order chi connectivity index (χ1) is 16.4. The Bertz CT molecular complexity index is 1400. The van der Waals surface area contributed by atoms with Crippen LogP contribution in [0.3, 0.4) is 0 Å². The number of nitrogens with two attached hydrogens (primary N) is 1. The van der Waals surface area contributed by atoms with E-state index in [9.17, 15) is 18.8 Å². The Morgan fingerprint density at radius 2 is 1.91 bits per heavy atom. The molecule has 0 aliphatic carbocycles. The van der Waals surface area contributed by atoms with Gasteiger partial charge in [-0.15, -0.1) is 0 Å². The molecule has 0 aliphatic heterocycles. The van der Waals surface area contributed by atoms with Crippen LogP contribution in [0.15, 0.2) is 67.0 Å². The van der Waals surface area contributed by atoms with Crippen molar-refractivity contribution in [1.29, 1.82) is 0 Å². The molecule has 34 heavy (non-hydrogen) atoms. The fourth-order valence-corrected chi connectivity index (χ4v) is 3.49. The summed E-state index contributed by atoms with van der Waals surface area (Å²) >= 11 is 0. The van der Waals surface area contributed by atoms with Gasteiger partial charge in [0.25, 0.3) is 5.91 Å². The molecule has 4 aromatic rings. The maximum Gasteiger partial charge on any atom is 0.340 e. The number of nitrogen functional groups attached to an aromatic ring is 1. The van der Waals surface area contributed by atoms with E-state index in [4.69, 9.17) is 10.5 Å². The smallest absolute Gasteiger partial charge is 0.340 e. The molecule has 1 amide bonds. The normalized spacial score (nSPS) is 10.8. The number of ether oxygens (including phenoxy) is 1. The van der Waals surface area contributed by atoms with E-state index in [0.717, 1.165) is 6.07 Å². The van der Waals surface area contributed by atoms with Gasteiger partial charge in [-0.1, -0.05) is 6.07 Å². The number of nitrogens with one attached hydrogen (secondary N) is 1. The lowest BCUT2D eigenvalue weighted by atomic mass is 10.1. The Morgan fingerprint density at radius 1 is 1.09 bits per heavy atom. The Kier molecular flexibility index (Phi) is 6.35. The predicted octanol–water partition coefficient (Wildman–Crippen LogP) is 3.39. The molecular formula is C25H21FN4O4. The first-order valence-corrected chi connectivity index (χ1v) is 10.5. The van der Waals surface area contributed by atoms with Gasteiger partial charge in [-0.3, -0.25) is 14.6 Å². The van der Waals surface area contributed by atoms with Crippen molar-refractivity contribution in [2.45, 2.75) is 13.5 Å². The van der Waals surface area contributed by atoms with Crippen LogP contribution < -0.4 is 11.1 Å². The summed E-state index contributed by atoms with van der Waals surface area (Å²) in [5, 5.41) is 2.78. The summed E-state index contributed by atoms with van der Waals surface area (Å²) in [7, 11) is 0. The third-order valence-corrected chi connectivity index (χ3v) is 5.18. The van der Waals surface area contributed by atoms with Crippen LogP contribution >= 0.6 is 0 Å². The van der Waals surface area contributed by atoms with Crippen molar-refractivity contribution in [3.05, 3.63) is 101 Å². The maximum absolute atomic E-state index is 13.6. The van der Waals surface area contributed by atoms with E-state index in [1.165, 1.54) is 40.9 Å². The van der Waals surface area contributed by atoms with Crippen molar-refractivity contribution in [2.24, 2.45) is 0 Å². The molecule has 3 N–H and O–H groups in total. The third-order valence-electron chi connectivity index (χ3n) is 5.18. The standard InChI is InChI=1S/C25H21FN4O4/c1-2-34-25(33)18-13-22(23(31)15-6-7-19(26)20(27)11-15)30-10-8-16(12-21(18)30)24(32)29-14-17-5-3-4-9-28-17/h3-13H,2,14,27H2,1H3,(H,29,32). The van der Waals surface area contributed by atoms with Gasteiger partial charge >= 0.3 is 5.97 Å². The zero-order valence-corrected chi connectivity index (χ0v) is 18.2. The molecule has 4 rings (SSSR count). The first kappa shape index (κ1) is 22.7. The number of benzene rings is 1. The highest BCUT2D eigenvalue weighted by molar-refractivity contribution is 6.12. The highest BCUT2D eigenvalue weighted by Crippen LogP contribution is 2.23. The molecule has 0 fully saturated rings. The lowest BCUT2D eigenvalue weighted by molar-refractivity contribution is 0.0528. The number of hydrogen-bond donors (Lipinski definition) is 2. The predicted molar refractivity (Wildman–Crippen MR) is 123 cm³/mol. The number of anilines is 1. The number of fused-ring (bicyclic) bond motifs is 1. The Labute approximate surface area is 194 Å². The summed E-state index contributed by atoms with van der Waals surface area (Å²) in [6, 6.07) is 13.5. The van der Waals surface area contributed by atoms with Gasteiger partial charge in [-0.2, -0.15) is 0 Å². The molecule has 0 radical (unpaired) electrons. The second-order valence-corrected chi connectivity index (χ2v) is 7.40. The first-order valence-electron chi connectivity index (χ1n) is 10.5. The molecule has 0 spiro atoms. The van der Waals surface area contributed by atoms with Gasteiger partial charge in [0.1, 0.15) is 5.82 Å². The lowest BCUT2D eigenvalue weighted by Crippen LogP contribution is -2.23. The van der Waals surface area contributed by atoms with Gasteiger partial charge in [0.05, 0.1) is 41.3 Å². The van der Waals surface area contributed by atoms with Gasteiger partial charge in [-0.25, -0.2) is 9.18 Å². The van der Waals surface area contributed by atoms with Crippen LogP contribution in [-0.4, -0.2) is 33.7 Å². The molecule has 3 aromatic heterocycles. The van der Waals surface area contributed by atoms with Crippen LogP contribution in [-0.2, 0) is 11.3 Å². The van der Waals surface area contributed by atoms with Crippen LogP contribution in [0.1, 0.15) is 49.4 Å². The Morgan fingerprint density at radius 3 is 2.62 bits per heavy atom. The van der Waals surface area contributed by atoms with E-state index in [1.54, 1.807) is 25.3 Å². The summed E-state index contributed by atoms with van der Waals surface area (Å²) in [5.41, 5.74) is 7.18. The largest absolute Gasteiger partial charge is 0.462 e. The fourth-order valence-electron chi connectivity index (χ4n) is 3.49. The van der Waals surface area contributed by atoms with E-state index in [2.05, 4.69) is 10.3 Å². The minimum absolute atomic E-state index is 0.125. The van der Waals surface area contributed by atoms with Crippen LogP contribution in [0.2, 0.25) is 0 Å². The summed E-state index contributed by atoms with van der Waals surface area (Å²) in [6.45, 7) is 2.03. The number of amides is 1. The van der Waals surface area contributed by atoms with Crippen molar-refractivity contribution in [3.8, 4) is 0 Å². The van der Waals surface area contributed by atoms with Crippen LogP contribution in [0.5, 0.6) is 0 Å². The molecular weight excluding hydrogens is 439 g/mol. The molecule has 1 aromatic carbocycles. The van der Waals surface area contributed by atoms with Crippen LogP contribution in [0.25, 0.3) is 5.52 Å². The van der Waals surface area contributed by atoms with Crippen molar-refractivity contribution in [3.63, 3.8) is 0 Å². The average molecular weight is 460 g/mol. The van der Waals surface area contributed by atoms with E-state index in [0.29, 0.717) is 11.2 Å².